The molecule has 0 aliphatic rings. The van der Waals surface area contributed by atoms with E-state index < -0.39 is 0 Å². The Bertz CT molecular complexity index is 997. The Hall–Kier alpha value is -2.12. The molecular weight excluding hydrogens is 372 g/mol. The maximum absolute atomic E-state index is 12.8. The molecule has 26 heavy (non-hydrogen) atoms. The number of fused-ring (bicyclic) bond motifs is 1. The van der Waals surface area contributed by atoms with E-state index >= 15 is 0 Å². The molecule has 136 valence electrons. The lowest BCUT2D eigenvalue weighted by atomic mass is 10.1. The minimum Gasteiger partial charge on any atom is -0.338 e. The summed E-state index contributed by atoms with van der Waals surface area (Å²) in [6.07, 6.45) is 2.43. The Morgan fingerprint density at radius 1 is 1.38 bits per heavy atom. The van der Waals surface area contributed by atoms with Crippen molar-refractivity contribution >= 4 is 34.3 Å². The SMILES string of the molecule is C=CCn1c(SCc2nc(CC(C)C)no2)nc2ccc(Cl)cc2c1=O. The summed E-state index contributed by atoms with van der Waals surface area (Å²) in [4.78, 5) is 21.8. The fraction of sp³-hybridized carbons (Fsp3) is 0.333. The van der Waals surface area contributed by atoms with Gasteiger partial charge in [0.2, 0.25) is 5.89 Å². The van der Waals surface area contributed by atoms with Gasteiger partial charge < -0.3 is 4.52 Å². The van der Waals surface area contributed by atoms with Gasteiger partial charge >= 0.3 is 0 Å². The Labute approximate surface area is 160 Å². The highest BCUT2D eigenvalue weighted by Crippen LogP contribution is 2.23. The summed E-state index contributed by atoms with van der Waals surface area (Å²) in [5.74, 6) is 2.11. The first-order valence-electron chi connectivity index (χ1n) is 8.23. The van der Waals surface area contributed by atoms with Crippen molar-refractivity contribution in [2.45, 2.75) is 37.7 Å². The summed E-state index contributed by atoms with van der Waals surface area (Å²) in [6.45, 7) is 8.28. The number of aromatic nitrogens is 4. The molecule has 0 radical (unpaired) electrons. The summed E-state index contributed by atoms with van der Waals surface area (Å²) in [7, 11) is 0. The molecule has 0 aliphatic heterocycles. The Kier molecular flexibility index (Phi) is 5.78. The van der Waals surface area contributed by atoms with E-state index in [1.54, 1.807) is 28.8 Å². The maximum atomic E-state index is 12.8. The molecule has 0 spiro atoms. The van der Waals surface area contributed by atoms with Crippen molar-refractivity contribution in [3.63, 3.8) is 0 Å². The minimum atomic E-state index is -0.147. The van der Waals surface area contributed by atoms with Crippen LogP contribution in [0.1, 0.15) is 25.6 Å². The number of rotatable bonds is 7. The molecule has 0 unspecified atom stereocenters. The van der Waals surface area contributed by atoms with E-state index in [-0.39, 0.29) is 5.56 Å². The van der Waals surface area contributed by atoms with Gasteiger partial charge in [-0.3, -0.25) is 9.36 Å². The lowest BCUT2D eigenvalue weighted by molar-refractivity contribution is 0.382. The molecule has 0 fully saturated rings. The van der Waals surface area contributed by atoms with E-state index in [2.05, 4.69) is 35.6 Å². The molecule has 0 saturated heterocycles. The van der Waals surface area contributed by atoms with Crippen LogP contribution < -0.4 is 5.56 Å². The van der Waals surface area contributed by atoms with E-state index in [1.165, 1.54) is 11.8 Å². The zero-order valence-electron chi connectivity index (χ0n) is 14.6. The first-order chi connectivity index (χ1) is 12.5. The van der Waals surface area contributed by atoms with Gasteiger partial charge in [-0.2, -0.15) is 4.98 Å². The molecule has 2 aromatic heterocycles. The zero-order chi connectivity index (χ0) is 18.7. The minimum absolute atomic E-state index is 0.147. The molecule has 0 saturated carbocycles. The number of halogens is 1. The third-order valence-electron chi connectivity index (χ3n) is 3.62. The van der Waals surface area contributed by atoms with E-state index in [0.717, 1.165) is 6.42 Å². The molecule has 0 atom stereocenters. The number of hydrogen-bond acceptors (Lipinski definition) is 6. The Morgan fingerprint density at radius 2 is 2.19 bits per heavy atom. The van der Waals surface area contributed by atoms with Crippen molar-refractivity contribution in [1.82, 2.24) is 19.7 Å². The second kappa shape index (κ2) is 8.05. The molecule has 2 heterocycles. The first-order valence-corrected chi connectivity index (χ1v) is 9.59. The summed E-state index contributed by atoms with van der Waals surface area (Å²) in [5, 5.41) is 5.55. The van der Waals surface area contributed by atoms with Crippen molar-refractivity contribution in [3.05, 3.63) is 57.9 Å². The summed E-state index contributed by atoms with van der Waals surface area (Å²) < 4.78 is 6.86. The van der Waals surface area contributed by atoms with Gasteiger partial charge in [-0.1, -0.05) is 48.4 Å². The molecule has 8 heteroatoms. The predicted octanol–water partition coefficient (Wildman–Crippen LogP) is 4.11. The van der Waals surface area contributed by atoms with Gasteiger partial charge in [0, 0.05) is 18.0 Å². The normalized spacial score (nSPS) is 11.4. The van der Waals surface area contributed by atoms with Crippen LogP contribution in [0.15, 0.2) is 45.3 Å². The smallest absolute Gasteiger partial charge is 0.262 e. The Morgan fingerprint density at radius 3 is 2.92 bits per heavy atom. The molecule has 6 nitrogen and oxygen atoms in total. The van der Waals surface area contributed by atoms with Crippen molar-refractivity contribution in [3.8, 4) is 0 Å². The van der Waals surface area contributed by atoms with Gasteiger partial charge in [0.05, 0.1) is 16.7 Å². The second-order valence-corrected chi connectivity index (χ2v) is 7.63. The lowest BCUT2D eigenvalue weighted by Crippen LogP contribution is -2.22. The molecular formula is C18H19ClN4O2S. The van der Waals surface area contributed by atoms with E-state index in [4.69, 9.17) is 16.1 Å². The molecule has 3 rings (SSSR count). The van der Waals surface area contributed by atoms with Gasteiger partial charge in [0.1, 0.15) is 0 Å². The van der Waals surface area contributed by atoms with E-state index in [9.17, 15) is 4.79 Å². The predicted molar refractivity (Wildman–Crippen MR) is 104 cm³/mol. The van der Waals surface area contributed by atoms with Crippen LogP contribution in [0.4, 0.5) is 0 Å². The summed E-state index contributed by atoms with van der Waals surface area (Å²) in [6, 6.07) is 5.10. The van der Waals surface area contributed by atoms with Crippen molar-refractivity contribution < 1.29 is 4.52 Å². The van der Waals surface area contributed by atoms with Crippen molar-refractivity contribution in [1.29, 1.82) is 0 Å². The van der Waals surface area contributed by atoms with E-state index in [1.807, 2.05) is 0 Å². The van der Waals surface area contributed by atoms with Crippen LogP contribution in [0.3, 0.4) is 0 Å². The monoisotopic (exact) mass is 390 g/mol. The van der Waals surface area contributed by atoms with Gasteiger partial charge in [-0.05, 0) is 24.1 Å². The third-order valence-corrected chi connectivity index (χ3v) is 4.81. The van der Waals surface area contributed by atoms with Crippen LogP contribution in [0, 0.1) is 5.92 Å². The highest BCUT2D eigenvalue weighted by atomic mass is 35.5. The van der Waals surface area contributed by atoms with Gasteiger partial charge in [-0.15, -0.1) is 6.58 Å². The average molecular weight is 391 g/mol. The second-order valence-electron chi connectivity index (χ2n) is 6.25. The quantitative estimate of drug-likeness (QED) is 0.343. The van der Waals surface area contributed by atoms with Crippen molar-refractivity contribution in [2.75, 3.05) is 0 Å². The Balaban J connectivity index is 1.90. The molecule has 0 amide bonds. The number of nitrogens with zero attached hydrogens (tertiary/aromatic N) is 4. The van der Waals surface area contributed by atoms with Gasteiger partial charge in [0.15, 0.2) is 11.0 Å². The number of benzene rings is 1. The zero-order valence-corrected chi connectivity index (χ0v) is 16.2. The van der Waals surface area contributed by atoms with Crippen LogP contribution in [-0.4, -0.2) is 19.7 Å². The summed E-state index contributed by atoms with van der Waals surface area (Å²) >= 11 is 7.39. The number of thioether (sulfide) groups is 1. The lowest BCUT2D eigenvalue weighted by Gasteiger charge is -2.10. The molecule has 0 aliphatic carbocycles. The largest absolute Gasteiger partial charge is 0.338 e. The fourth-order valence-corrected chi connectivity index (χ4v) is 3.51. The highest BCUT2D eigenvalue weighted by Gasteiger charge is 2.14. The molecule has 3 aromatic rings. The average Bonchev–Trinajstić information content (AvgIpc) is 3.03. The number of hydrogen-bond donors (Lipinski definition) is 0. The van der Waals surface area contributed by atoms with Crippen LogP contribution in [-0.2, 0) is 18.7 Å². The van der Waals surface area contributed by atoms with Gasteiger partial charge in [0.25, 0.3) is 5.56 Å². The van der Waals surface area contributed by atoms with Crippen molar-refractivity contribution in [2.24, 2.45) is 5.92 Å². The molecule has 1 aromatic carbocycles. The van der Waals surface area contributed by atoms with E-state index in [0.29, 0.717) is 51.0 Å². The first kappa shape index (κ1) is 18.7. The standard InChI is InChI=1S/C18H19ClN4O2S/c1-4-7-23-17(24)13-9-12(19)5-6-14(13)20-18(23)26-10-16-21-15(22-25-16)8-11(2)3/h4-6,9,11H,1,7-8,10H2,2-3H3. The molecule has 0 N–H and O–H groups in total. The van der Waals surface area contributed by atoms with Crippen LogP contribution in [0.25, 0.3) is 10.9 Å². The third kappa shape index (κ3) is 4.16. The summed E-state index contributed by atoms with van der Waals surface area (Å²) in [5.41, 5.74) is 0.458. The topological polar surface area (TPSA) is 73.8 Å². The molecule has 0 bridgehead atoms. The van der Waals surface area contributed by atoms with Crippen LogP contribution in [0.2, 0.25) is 5.02 Å². The fourth-order valence-electron chi connectivity index (χ4n) is 2.50. The number of allylic oxidation sites excluding steroid dienone is 1. The maximum Gasteiger partial charge on any atom is 0.262 e. The van der Waals surface area contributed by atoms with Gasteiger partial charge in [-0.25, -0.2) is 4.98 Å². The van der Waals surface area contributed by atoms with Crippen LogP contribution in [0.5, 0.6) is 0 Å². The van der Waals surface area contributed by atoms with Crippen LogP contribution >= 0.6 is 23.4 Å². The highest BCUT2D eigenvalue weighted by molar-refractivity contribution is 7.98.